The molecule has 0 bridgehead atoms. The van der Waals surface area contributed by atoms with E-state index in [0.29, 0.717) is 49.5 Å². The molecule has 1 spiro atoms. The van der Waals surface area contributed by atoms with Crippen LogP contribution in [0.5, 0.6) is 5.75 Å². The quantitative estimate of drug-likeness (QED) is 0.0852. The van der Waals surface area contributed by atoms with Gasteiger partial charge in [0.1, 0.15) is 23.6 Å². The predicted molar refractivity (Wildman–Crippen MR) is 265 cm³/mol. The maximum atomic E-state index is 14.6. The van der Waals surface area contributed by atoms with E-state index >= 15 is 0 Å². The molecular formula is C51H80N4O16Si. The summed E-state index contributed by atoms with van der Waals surface area (Å²) in [7, 11) is -1.10. The Bertz CT molecular complexity index is 2170. The number of likely N-dealkylation sites (tertiary alicyclic amines) is 2. The van der Waals surface area contributed by atoms with Crippen molar-refractivity contribution >= 4 is 56.1 Å². The van der Waals surface area contributed by atoms with Crippen LogP contribution in [0.15, 0.2) is 12.1 Å². The van der Waals surface area contributed by atoms with Crippen LogP contribution in [-0.4, -0.2) is 160 Å². The van der Waals surface area contributed by atoms with Crippen molar-refractivity contribution in [3.8, 4) is 5.75 Å². The molecule has 1 aromatic rings. The fourth-order valence-corrected chi connectivity index (χ4v) is 10.9. The van der Waals surface area contributed by atoms with E-state index in [0.717, 1.165) is 33.6 Å². The molecule has 4 rings (SSSR count). The van der Waals surface area contributed by atoms with Crippen molar-refractivity contribution in [2.45, 2.75) is 187 Å². The largest absolute Gasteiger partial charge is 0.467 e. The first-order valence-corrected chi connectivity index (χ1v) is 27.7. The van der Waals surface area contributed by atoms with Gasteiger partial charge in [-0.2, -0.15) is 0 Å². The molecule has 3 heterocycles. The second kappa shape index (κ2) is 23.8. The third kappa shape index (κ3) is 15.0. The summed E-state index contributed by atoms with van der Waals surface area (Å²) >= 11 is 0. The second-order valence-corrected chi connectivity index (χ2v) is 26.8. The lowest BCUT2D eigenvalue weighted by Crippen LogP contribution is -2.69. The molecule has 3 aliphatic rings. The molecule has 0 aromatic heterocycles. The molecule has 21 heteroatoms. The maximum Gasteiger partial charge on any atom is 0.410 e. The molecule has 3 fully saturated rings. The lowest BCUT2D eigenvalue weighted by Gasteiger charge is -2.52. The topological polar surface area (TPSA) is 241 Å². The first kappa shape index (κ1) is 59.4. The van der Waals surface area contributed by atoms with Gasteiger partial charge in [0.2, 0.25) is 5.91 Å². The van der Waals surface area contributed by atoms with Gasteiger partial charge in [0.15, 0.2) is 26.1 Å². The molecule has 8 atom stereocenters. The van der Waals surface area contributed by atoms with Gasteiger partial charge in [-0.05, 0) is 95.4 Å². The highest BCUT2D eigenvalue weighted by Gasteiger charge is 2.60. The molecule has 3 amide bonds. The number of nitrogens with zero attached hydrogens (tertiary/aromatic N) is 2. The number of aryl methyl sites for hydroxylation is 2. The Morgan fingerprint density at radius 3 is 2.03 bits per heavy atom. The minimum absolute atomic E-state index is 0.0888. The number of hydrogen-bond donors (Lipinski definition) is 2. The summed E-state index contributed by atoms with van der Waals surface area (Å²) in [6, 6.07) is 1.69. The third-order valence-electron chi connectivity index (χ3n) is 14.1. The monoisotopic (exact) mass is 1030 g/mol. The van der Waals surface area contributed by atoms with Gasteiger partial charge in [-0.25, -0.2) is 9.59 Å². The number of rotatable bonds is 17. The minimum Gasteiger partial charge on any atom is -0.467 e. The highest BCUT2D eigenvalue weighted by molar-refractivity contribution is 6.74. The lowest BCUT2D eigenvalue weighted by atomic mass is 9.77. The Morgan fingerprint density at radius 1 is 0.875 bits per heavy atom. The van der Waals surface area contributed by atoms with Crippen LogP contribution in [0.1, 0.15) is 130 Å². The lowest BCUT2D eigenvalue weighted by molar-refractivity contribution is -0.242. The summed E-state index contributed by atoms with van der Waals surface area (Å²) in [4.78, 5) is 110. The predicted octanol–water partition coefficient (Wildman–Crippen LogP) is 5.46. The number of ether oxygens (including phenoxy) is 7. The Hall–Kier alpha value is -5.12. The number of nitrogens with one attached hydrogen (secondary N) is 2. The maximum absolute atomic E-state index is 14.6. The van der Waals surface area contributed by atoms with Crippen LogP contribution in [0.25, 0.3) is 0 Å². The van der Waals surface area contributed by atoms with E-state index < -0.39 is 110 Å². The summed E-state index contributed by atoms with van der Waals surface area (Å²) in [5.41, 5.74) is -2.19. The fraction of sp³-hybridized carbons (Fsp3) is 0.725. The molecule has 0 unspecified atom stereocenters. The van der Waals surface area contributed by atoms with E-state index in [4.69, 9.17) is 37.6 Å². The number of carbonyl (C=O) groups excluding carboxylic acids is 8. The van der Waals surface area contributed by atoms with Crippen LogP contribution in [-0.2, 0) is 61.6 Å². The number of esters is 5. The first-order valence-electron chi connectivity index (χ1n) is 24.7. The highest BCUT2D eigenvalue weighted by atomic mass is 28.4. The number of hydrogen-bond acceptors (Lipinski definition) is 17. The van der Waals surface area contributed by atoms with Crippen LogP contribution in [0, 0.1) is 19.8 Å². The molecule has 0 radical (unpaired) electrons. The van der Waals surface area contributed by atoms with Crippen LogP contribution in [0.4, 0.5) is 4.79 Å². The summed E-state index contributed by atoms with van der Waals surface area (Å²) in [6.07, 6.45) is -4.61. The number of benzene rings is 1. The Kier molecular flexibility index (Phi) is 19.7. The summed E-state index contributed by atoms with van der Waals surface area (Å²) < 4.78 is 48.1. The normalized spacial score (nSPS) is 24.6. The van der Waals surface area contributed by atoms with Crippen LogP contribution < -0.4 is 15.4 Å². The molecule has 2 N–H and O–H groups in total. The van der Waals surface area contributed by atoms with Crippen LogP contribution in [0.2, 0.25) is 18.1 Å². The summed E-state index contributed by atoms with van der Waals surface area (Å²) in [6.45, 7) is 26.8. The van der Waals surface area contributed by atoms with Crippen molar-refractivity contribution in [1.29, 1.82) is 0 Å². The Balaban J connectivity index is 1.83. The fourth-order valence-electron chi connectivity index (χ4n) is 9.87. The van der Waals surface area contributed by atoms with E-state index in [-0.39, 0.29) is 35.9 Å². The van der Waals surface area contributed by atoms with Crippen LogP contribution in [0.3, 0.4) is 0 Å². The van der Waals surface area contributed by atoms with E-state index in [9.17, 15) is 38.4 Å². The first-order chi connectivity index (χ1) is 33.2. The minimum atomic E-state index is -2.28. The van der Waals surface area contributed by atoms with Gasteiger partial charge in [-0.3, -0.25) is 33.7 Å². The molecule has 0 saturated carbocycles. The smallest absolute Gasteiger partial charge is 0.410 e. The van der Waals surface area contributed by atoms with Gasteiger partial charge in [0, 0.05) is 90.7 Å². The van der Waals surface area contributed by atoms with Gasteiger partial charge in [0.25, 0.3) is 5.91 Å². The molecule has 20 nitrogen and oxygen atoms in total. The van der Waals surface area contributed by atoms with E-state index in [1.807, 2.05) is 20.8 Å². The number of piperidine rings is 1. The molecule has 3 aliphatic heterocycles. The highest BCUT2D eigenvalue weighted by Crippen LogP contribution is 2.45. The van der Waals surface area contributed by atoms with Crippen molar-refractivity contribution < 1.29 is 75.9 Å². The number of amides is 3. The van der Waals surface area contributed by atoms with Crippen molar-refractivity contribution in [2.75, 3.05) is 46.4 Å². The zero-order valence-electron chi connectivity index (χ0n) is 45.3. The van der Waals surface area contributed by atoms with E-state index in [1.165, 1.54) is 33.1 Å². The van der Waals surface area contributed by atoms with Crippen LogP contribution >= 0.6 is 0 Å². The van der Waals surface area contributed by atoms with E-state index in [2.05, 4.69) is 49.4 Å². The molecule has 1 aromatic carbocycles. The van der Waals surface area contributed by atoms with Crippen molar-refractivity contribution in [3.63, 3.8) is 0 Å². The summed E-state index contributed by atoms with van der Waals surface area (Å²) in [5, 5.41) is 5.41. The average Bonchev–Trinajstić information content (AvgIpc) is 3.61. The average molecular weight is 1030 g/mol. The molecule has 0 aliphatic carbocycles. The zero-order chi connectivity index (χ0) is 54.3. The number of methoxy groups -OCH3 is 1. The summed E-state index contributed by atoms with van der Waals surface area (Å²) in [5.74, 6) is -5.00. The van der Waals surface area contributed by atoms with Gasteiger partial charge in [0.05, 0.1) is 19.7 Å². The molecule has 3 saturated heterocycles. The standard InChI is InChI=1S/C51H80N4O16Si/c1-30-23-37(24-31(2)42(30)68-35(6)59)45(61)52-26-40(67-34(5)58)43(69-36(7)60)44-41(53-32(3)56)39(66-33(4)57)25-51(70-44,46(62)64-14)20-22-55-21-18-17-19-50(55)29-54(47(63)71-48(8,9)10)27-38(50)28-65-72(15,16)49(11,12)13/h23-24,38-41,43-44H,17-22,25-29H2,1-16H3,(H,52,61)(H,53,56)/t38-,39+,40-,41-,43-,44-,50-,51-/m1/s1. The zero-order valence-corrected chi connectivity index (χ0v) is 46.3. The van der Waals surface area contributed by atoms with E-state index in [1.54, 1.807) is 18.7 Å². The third-order valence-corrected chi connectivity index (χ3v) is 18.6. The van der Waals surface area contributed by atoms with Gasteiger partial charge >= 0.3 is 35.9 Å². The molecule has 404 valence electrons. The molecule has 72 heavy (non-hydrogen) atoms. The Morgan fingerprint density at radius 2 is 1.50 bits per heavy atom. The van der Waals surface area contributed by atoms with Gasteiger partial charge in [-0.1, -0.05) is 27.2 Å². The van der Waals surface area contributed by atoms with Gasteiger partial charge < -0.3 is 53.1 Å². The molecular weight excluding hydrogens is 953 g/mol. The second-order valence-electron chi connectivity index (χ2n) is 22.0. The van der Waals surface area contributed by atoms with Gasteiger partial charge in [-0.15, -0.1) is 0 Å². The van der Waals surface area contributed by atoms with Crippen molar-refractivity contribution in [1.82, 2.24) is 20.4 Å². The van der Waals surface area contributed by atoms with Crippen molar-refractivity contribution in [2.24, 2.45) is 5.92 Å². The SMILES string of the molecule is COC(=O)[C@@]1(CCN2CCCC[C@]23CN(C(=O)OC(C)(C)C)C[C@@H]3CO[Si](C)(C)C(C)(C)C)C[C@H](OC(C)=O)[C@@H](NC(C)=O)[C@H]([C@H](OC(C)=O)[C@@H](CNC(=O)c2cc(C)c(OC(C)=O)c(C)c2)OC(C)=O)O1. The van der Waals surface area contributed by atoms with Crippen molar-refractivity contribution in [3.05, 3.63) is 28.8 Å². The Labute approximate surface area is 425 Å². The number of carbonyl (C=O) groups is 8.